The van der Waals surface area contributed by atoms with Crippen LogP contribution in [0.3, 0.4) is 0 Å². The molecule has 0 aromatic heterocycles. The minimum absolute atomic E-state index is 0.186. The predicted octanol–water partition coefficient (Wildman–Crippen LogP) is 0.740. The topological polar surface area (TPSA) is 145 Å². The van der Waals surface area contributed by atoms with Crippen molar-refractivity contribution in [1.29, 1.82) is 0 Å². The zero-order chi connectivity index (χ0) is 23.9. The Kier molecular flexibility index (Phi) is 8.76. The van der Waals surface area contributed by atoms with Crippen molar-refractivity contribution in [3.05, 3.63) is 34.4 Å². The number of non-ortho nitro benzene ring substituents is 1. The summed E-state index contributed by atoms with van der Waals surface area (Å²) in [4.78, 5) is 35.4. The number of carbonyl (C=O) groups is 2. The standard InChI is InChI=1S/C19H24BN3O8S/c1-14(2)6-4-5-7-17(20-30-18(24)12-22(3)13-19(25)31-20)21-32(28,29)16-10-8-15(9-11-16)23(26)27/h8-11,14,17,21H,4,6,12-13H2,1-3H3. The lowest BCUT2D eigenvalue weighted by Crippen LogP contribution is -2.53. The van der Waals surface area contributed by atoms with Crippen LogP contribution in [0.15, 0.2) is 29.2 Å². The number of sulfonamides is 1. The van der Waals surface area contributed by atoms with E-state index in [0.29, 0.717) is 12.3 Å². The van der Waals surface area contributed by atoms with Gasteiger partial charge in [0, 0.05) is 18.6 Å². The summed E-state index contributed by atoms with van der Waals surface area (Å²) in [6.45, 7) is 3.64. The lowest BCUT2D eigenvalue weighted by molar-refractivity contribution is -0.384. The van der Waals surface area contributed by atoms with Crippen molar-refractivity contribution in [2.24, 2.45) is 5.92 Å². The summed E-state index contributed by atoms with van der Waals surface area (Å²) in [6, 6.07) is 4.22. The molecule has 11 nitrogen and oxygen atoms in total. The number of likely N-dealkylation sites (N-methyl/N-ethyl adjacent to an activating group) is 1. The summed E-state index contributed by atoms with van der Waals surface area (Å²) in [5, 5.41) is 10.8. The first-order valence-corrected chi connectivity index (χ1v) is 11.3. The second-order valence-corrected chi connectivity index (χ2v) is 9.34. The van der Waals surface area contributed by atoms with Gasteiger partial charge in [-0.3, -0.25) is 24.6 Å². The van der Waals surface area contributed by atoms with Gasteiger partial charge in [-0.1, -0.05) is 19.8 Å². The Morgan fingerprint density at radius 1 is 1.19 bits per heavy atom. The van der Waals surface area contributed by atoms with Crippen molar-refractivity contribution in [3.63, 3.8) is 0 Å². The Labute approximate surface area is 186 Å². The molecule has 1 fully saturated rings. The van der Waals surface area contributed by atoms with Crippen molar-refractivity contribution < 1.29 is 32.2 Å². The summed E-state index contributed by atoms with van der Waals surface area (Å²) in [7, 11) is -4.30. The quantitative estimate of drug-likeness (QED) is 0.267. The molecule has 1 aliphatic rings. The van der Waals surface area contributed by atoms with Gasteiger partial charge in [0.25, 0.3) is 5.69 Å². The maximum absolute atomic E-state index is 12.8. The van der Waals surface area contributed by atoms with Gasteiger partial charge in [0.1, 0.15) is 5.94 Å². The Bertz CT molecular complexity index is 997. The minimum atomic E-state index is -4.24. The first-order valence-electron chi connectivity index (χ1n) is 9.80. The average molecular weight is 465 g/mol. The fourth-order valence-electron chi connectivity index (χ4n) is 2.67. The summed E-state index contributed by atoms with van der Waals surface area (Å²) < 4.78 is 38.3. The van der Waals surface area contributed by atoms with Gasteiger partial charge in [-0.15, -0.1) is 5.92 Å². The molecule has 0 radical (unpaired) electrons. The van der Waals surface area contributed by atoms with E-state index in [1.165, 1.54) is 11.9 Å². The van der Waals surface area contributed by atoms with Crippen molar-refractivity contribution in [1.82, 2.24) is 9.62 Å². The highest BCUT2D eigenvalue weighted by atomic mass is 32.2. The molecule has 0 saturated carbocycles. The molecule has 0 amide bonds. The smallest absolute Gasteiger partial charge is 0.497 e. The normalized spacial score (nSPS) is 16.3. The van der Waals surface area contributed by atoms with Crippen LogP contribution in [0.4, 0.5) is 5.69 Å². The molecule has 172 valence electrons. The van der Waals surface area contributed by atoms with Crippen LogP contribution in [0.25, 0.3) is 0 Å². The molecule has 1 aliphatic heterocycles. The number of rotatable bonds is 7. The molecule has 1 aromatic carbocycles. The molecule has 0 spiro atoms. The fourth-order valence-corrected chi connectivity index (χ4v) is 3.80. The van der Waals surface area contributed by atoms with Crippen LogP contribution in [-0.4, -0.2) is 63.4 Å². The van der Waals surface area contributed by atoms with Crippen LogP contribution in [0.2, 0.25) is 0 Å². The van der Waals surface area contributed by atoms with E-state index in [0.717, 1.165) is 30.7 Å². The van der Waals surface area contributed by atoms with E-state index in [9.17, 15) is 28.1 Å². The molecular formula is C19H24BN3O8S. The fraction of sp³-hybridized carbons (Fsp3) is 0.474. The highest BCUT2D eigenvalue weighted by molar-refractivity contribution is 7.89. The largest absolute Gasteiger partial charge is 0.631 e. The third-order valence-electron chi connectivity index (χ3n) is 4.31. The van der Waals surface area contributed by atoms with Crippen LogP contribution in [-0.2, 0) is 28.9 Å². The molecule has 13 heteroatoms. The molecule has 2 rings (SSSR count). The second-order valence-electron chi connectivity index (χ2n) is 7.62. The average Bonchev–Trinajstić information content (AvgIpc) is 2.68. The minimum Gasteiger partial charge on any atom is -0.497 e. The molecule has 1 N–H and O–H groups in total. The number of nitro groups is 1. The molecule has 0 bridgehead atoms. The Morgan fingerprint density at radius 3 is 2.25 bits per heavy atom. The SMILES string of the molecule is CC(C)CCC#CC(NS(=O)(=O)c1ccc([N+](=O)[O-])cc1)B1OC(=O)CN(C)CC(=O)O1. The van der Waals surface area contributed by atoms with Gasteiger partial charge in [-0.05, 0) is 31.5 Å². The van der Waals surface area contributed by atoms with Crippen LogP contribution < -0.4 is 4.72 Å². The van der Waals surface area contributed by atoms with Gasteiger partial charge in [0.2, 0.25) is 10.0 Å². The van der Waals surface area contributed by atoms with Crippen molar-refractivity contribution in [3.8, 4) is 11.8 Å². The summed E-state index contributed by atoms with van der Waals surface area (Å²) in [5.74, 6) is 3.07. The first-order chi connectivity index (χ1) is 15.0. The van der Waals surface area contributed by atoms with E-state index < -0.39 is 39.9 Å². The Balaban J connectivity index is 2.31. The van der Waals surface area contributed by atoms with Gasteiger partial charge in [-0.25, -0.2) is 8.42 Å². The number of hydrogen-bond donors (Lipinski definition) is 1. The number of hydrogen-bond acceptors (Lipinski definition) is 9. The van der Waals surface area contributed by atoms with E-state index in [1.807, 2.05) is 13.8 Å². The second kappa shape index (κ2) is 11.1. The number of nitrogens with zero attached hydrogens (tertiary/aromatic N) is 2. The third kappa shape index (κ3) is 7.63. The van der Waals surface area contributed by atoms with E-state index in [-0.39, 0.29) is 23.7 Å². The van der Waals surface area contributed by atoms with Crippen LogP contribution in [0.1, 0.15) is 26.7 Å². The molecular weight excluding hydrogens is 441 g/mol. The van der Waals surface area contributed by atoms with Gasteiger partial charge in [-0.2, -0.15) is 4.72 Å². The van der Waals surface area contributed by atoms with Crippen LogP contribution in [0, 0.1) is 27.9 Å². The number of benzene rings is 1. The lowest BCUT2D eigenvalue weighted by Gasteiger charge is -2.25. The summed E-state index contributed by atoms with van der Waals surface area (Å²) in [5.41, 5.74) is -0.277. The maximum Gasteiger partial charge on any atom is 0.631 e. The first kappa shape index (κ1) is 25.3. The maximum atomic E-state index is 12.8. The predicted molar refractivity (Wildman–Crippen MR) is 114 cm³/mol. The molecule has 1 aromatic rings. The molecule has 0 aliphatic carbocycles. The molecule has 1 saturated heterocycles. The van der Waals surface area contributed by atoms with Crippen molar-refractivity contribution in [2.75, 3.05) is 20.1 Å². The summed E-state index contributed by atoms with van der Waals surface area (Å²) in [6.07, 6.45) is 1.20. The van der Waals surface area contributed by atoms with E-state index in [4.69, 9.17) is 9.31 Å². The highest BCUT2D eigenvalue weighted by Gasteiger charge is 2.41. The van der Waals surface area contributed by atoms with Crippen molar-refractivity contribution in [2.45, 2.75) is 37.5 Å². The van der Waals surface area contributed by atoms with Gasteiger partial charge < -0.3 is 9.31 Å². The summed E-state index contributed by atoms with van der Waals surface area (Å²) >= 11 is 0. The van der Waals surface area contributed by atoms with Gasteiger partial charge in [0.15, 0.2) is 0 Å². The van der Waals surface area contributed by atoms with Gasteiger partial charge in [0.05, 0.1) is 22.9 Å². The molecule has 1 unspecified atom stereocenters. The highest BCUT2D eigenvalue weighted by Crippen LogP contribution is 2.17. The van der Waals surface area contributed by atoms with Gasteiger partial charge >= 0.3 is 19.1 Å². The van der Waals surface area contributed by atoms with E-state index >= 15 is 0 Å². The van der Waals surface area contributed by atoms with E-state index in [2.05, 4.69) is 16.6 Å². The zero-order valence-corrected chi connectivity index (χ0v) is 18.8. The Hall–Kier alpha value is -2.95. The lowest BCUT2D eigenvalue weighted by atomic mass is 9.78. The number of nitro benzene ring substituents is 1. The molecule has 32 heavy (non-hydrogen) atoms. The third-order valence-corrected chi connectivity index (χ3v) is 5.77. The van der Waals surface area contributed by atoms with Crippen LogP contribution >= 0.6 is 0 Å². The molecule has 1 heterocycles. The van der Waals surface area contributed by atoms with E-state index in [1.54, 1.807) is 0 Å². The number of carbonyl (C=O) groups excluding carboxylic acids is 2. The zero-order valence-electron chi connectivity index (χ0n) is 17.9. The van der Waals surface area contributed by atoms with Crippen molar-refractivity contribution >= 4 is 34.8 Å². The molecule has 1 atom stereocenters. The van der Waals surface area contributed by atoms with Crippen LogP contribution in [0.5, 0.6) is 0 Å². The monoisotopic (exact) mass is 465 g/mol. The number of nitrogens with one attached hydrogen (secondary N) is 1. The Morgan fingerprint density at radius 2 is 1.75 bits per heavy atom.